The smallest absolute Gasteiger partial charge is 0.270 e. The summed E-state index contributed by atoms with van der Waals surface area (Å²) < 4.78 is 5.67. The summed E-state index contributed by atoms with van der Waals surface area (Å²) in [6, 6.07) is 12.4. The predicted octanol–water partition coefficient (Wildman–Crippen LogP) is 2.86. The van der Waals surface area contributed by atoms with Gasteiger partial charge >= 0.3 is 0 Å². The highest BCUT2D eigenvalue weighted by atomic mass is 32.2. The monoisotopic (exact) mass is 415 g/mol. The van der Waals surface area contributed by atoms with E-state index in [1.165, 1.54) is 29.2 Å². The van der Waals surface area contributed by atoms with Crippen LogP contribution in [0.3, 0.4) is 0 Å². The molecule has 28 heavy (non-hydrogen) atoms. The first-order valence-corrected chi connectivity index (χ1v) is 9.12. The highest BCUT2D eigenvalue weighted by molar-refractivity contribution is 8.27. The molecule has 0 spiro atoms. The molecule has 8 nitrogen and oxygen atoms in total. The van der Waals surface area contributed by atoms with Crippen molar-refractivity contribution < 1.29 is 19.2 Å². The Kier molecular flexibility index (Phi) is 5.71. The molecule has 1 heterocycles. The van der Waals surface area contributed by atoms with Crippen LogP contribution >= 0.6 is 24.0 Å². The number of amides is 2. The van der Waals surface area contributed by atoms with Crippen LogP contribution < -0.4 is 15.4 Å². The minimum Gasteiger partial charge on any atom is -0.483 e. The van der Waals surface area contributed by atoms with E-state index in [1.807, 2.05) is 0 Å². The van der Waals surface area contributed by atoms with Gasteiger partial charge in [-0.2, -0.15) is 0 Å². The largest absolute Gasteiger partial charge is 0.483 e. The zero-order chi connectivity index (χ0) is 20.3. The normalized spacial score (nSPS) is 15.1. The van der Waals surface area contributed by atoms with E-state index in [0.29, 0.717) is 26.2 Å². The molecule has 2 aromatic carbocycles. The molecule has 10 heteroatoms. The number of thioether (sulfide) groups is 1. The maximum absolute atomic E-state index is 12.8. The van der Waals surface area contributed by atoms with Crippen LogP contribution in [0.5, 0.6) is 5.75 Å². The van der Waals surface area contributed by atoms with Crippen LogP contribution in [0.25, 0.3) is 6.08 Å². The Morgan fingerprint density at radius 2 is 1.93 bits per heavy atom. The number of para-hydroxylation sites is 1. The third-order valence-corrected chi connectivity index (χ3v) is 4.99. The predicted molar refractivity (Wildman–Crippen MR) is 110 cm³/mol. The number of benzene rings is 2. The van der Waals surface area contributed by atoms with E-state index < -0.39 is 10.8 Å². The number of thiocarbonyl (C=S) groups is 1. The van der Waals surface area contributed by atoms with Crippen LogP contribution in [0, 0.1) is 10.1 Å². The van der Waals surface area contributed by atoms with Gasteiger partial charge in [-0.25, -0.2) is 0 Å². The molecular weight excluding hydrogens is 402 g/mol. The third-order valence-electron chi connectivity index (χ3n) is 3.69. The molecule has 1 aliphatic rings. The summed E-state index contributed by atoms with van der Waals surface area (Å²) in [5.74, 6) is -0.560. The maximum Gasteiger partial charge on any atom is 0.270 e. The highest BCUT2D eigenvalue weighted by Gasteiger charge is 2.33. The van der Waals surface area contributed by atoms with Gasteiger partial charge in [0.2, 0.25) is 0 Å². The van der Waals surface area contributed by atoms with Gasteiger partial charge in [-0.3, -0.25) is 24.6 Å². The Morgan fingerprint density at radius 3 is 2.57 bits per heavy atom. The lowest BCUT2D eigenvalue weighted by atomic mass is 10.2. The zero-order valence-corrected chi connectivity index (χ0v) is 15.9. The van der Waals surface area contributed by atoms with Crippen molar-refractivity contribution in [3.63, 3.8) is 0 Å². The first kappa shape index (κ1) is 19.5. The topological polar surface area (TPSA) is 116 Å². The Balaban J connectivity index is 1.87. The second-order valence-corrected chi connectivity index (χ2v) is 7.26. The molecule has 1 fully saturated rings. The maximum atomic E-state index is 12.8. The standard InChI is InChI=1S/C18H13N3O5S2/c19-16(22)10-26-14-4-2-1-3-11(14)9-15-17(23)20(18(27)28-15)12-5-7-13(8-6-12)21(24)25/h1-9H,10H2,(H2,19,22)/b15-9-. The van der Waals surface area contributed by atoms with Crippen molar-refractivity contribution >= 4 is 57.6 Å². The van der Waals surface area contributed by atoms with Crippen molar-refractivity contribution in [2.75, 3.05) is 11.5 Å². The number of nitro groups is 1. The number of nitro benzene ring substituents is 1. The second-order valence-electron chi connectivity index (χ2n) is 5.58. The van der Waals surface area contributed by atoms with Crippen LogP contribution in [0.2, 0.25) is 0 Å². The number of ether oxygens (including phenoxy) is 1. The van der Waals surface area contributed by atoms with Gasteiger partial charge in [0, 0.05) is 17.7 Å². The zero-order valence-electron chi connectivity index (χ0n) is 14.2. The molecule has 2 amide bonds. The summed E-state index contributed by atoms with van der Waals surface area (Å²) >= 11 is 6.40. The van der Waals surface area contributed by atoms with Gasteiger partial charge in [0.05, 0.1) is 15.5 Å². The summed E-state index contributed by atoms with van der Waals surface area (Å²) in [6.07, 6.45) is 1.61. The van der Waals surface area contributed by atoms with Crippen molar-refractivity contribution in [3.05, 3.63) is 69.1 Å². The van der Waals surface area contributed by atoms with Gasteiger partial charge in [-0.05, 0) is 24.3 Å². The number of rotatable bonds is 6. The number of hydrogen-bond acceptors (Lipinski definition) is 7. The minimum atomic E-state index is -0.612. The van der Waals surface area contributed by atoms with E-state index in [1.54, 1.807) is 30.3 Å². The molecule has 1 saturated heterocycles. The number of nitrogens with zero attached hydrogens (tertiary/aromatic N) is 2. The fourth-order valence-electron chi connectivity index (χ4n) is 2.44. The van der Waals surface area contributed by atoms with E-state index >= 15 is 0 Å². The van der Waals surface area contributed by atoms with Crippen LogP contribution in [-0.2, 0) is 9.59 Å². The fourth-order valence-corrected chi connectivity index (χ4v) is 3.72. The van der Waals surface area contributed by atoms with E-state index in [2.05, 4.69) is 0 Å². The molecule has 3 rings (SSSR count). The van der Waals surface area contributed by atoms with E-state index in [4.69, 9.17) is 22.7 Å². The number of hydrogen-bond donors (Lipinski definition) is 1. The molecule has 0 atom stereocenters. The third kappa shape index (κ3) is 4.18. The highest BCUT2D eigenvalue weighted by Crippen LogP contribution is 2.37. The van der Waals surface area contributed by atoms with Crippen molar-refractivity contribution in [1.82, 2.24) is 0 Å². The summed E-state index contributed by atoms with van der Waals surface area (Å²) in [5.41, 5.74) is 6.05. The number of primary amides is 1. The van der Waals surface area contributed by atoms with E-state index in [9.17, 15) is 19.7 Å². The molecule has 0 bridgehead atoms. The molecule has 0 aliphatic carbocycles. The molecule has 0 saturated carbocycles. The van der Waals surface area contributed by atoms with Crippen molar-refractivity contribution in [1.29, 1.82) is 0 Å². The summed E-state index contributed by atoms with van der Waals surface area (Å²) in [6.45, 7) is -0.283. The van der Waals surface area contributed by atoms with Gasteiger partial charge in [0.25, 0.3) is 17.5 Å². The Morgan fingerprint density at radius 1 is 1.25 bits per heavy atom. The first-order valence-electron chi connectivity index (χ1n) is 7.89. The lowest BCUT2D eigenvalue weighted by molar-refractivity contribution is -0.384. The van der Waals surface area contributed by atoms with Crippen LogP contribution in [0.1, 0.15) is 5.56 Å². The van der Waals surface area contributed by atoms with Crippen molar-refractivity contribution in [3.8, 4) is 5.75 Å². The van der Waals surface area contributed by atoms with Gasteiger partial charge in [-0.1, -0.05) is 42.2 Å². The Hall–Kier alpha value is -3.24. The summed E-state index contributed by atoms with van der Waals surface area (Å²) in [4.78, 5) is 35.7. The molecule has 1 aliphatic heterocycles. The van der Waals surface area contributed by atoms with Crippen LogP contribution in [0.15, 0.2) is 53.4 Å². The fraction of sp³-hybridized carbons (Fsp3) is 0.0556. The minimum absolute atomic E-state index is 0.0785. The number of anilines is 1. The Labute approximate surface area is 169 Å². The van der Waals surface area contributed by atoms with Gasteiger partial charge < -0.3 is 10.5 Å². The quantitative estimate of drug-likeness (QED) is 0.334. The summed E-state index contributed by atoms with van der Waals surface area (Å²) in [5, 5.41) is 10.8. The Bertz CT molecular complexity index is 1000. The second kappa shape index (κ2) is 8.19. The number of non-ortho nitro benzene ring substituents is 1. The molecule has 2 N–H and O–H groups in total. The van der Waals surface area contributed by atoms with Gasteiger partial charge in [0.15, 0.2) is 10.9 Å². The van der Waals surface area contributed by atoms with E-state index in [0.717, 1.165) is 11.8 Å². The lowest BCUT2D eigenvalue weighted by Crippen LogP contribution is -2.27. The van der Waals surface area contributed by atoms with Crippen LogP contribution in [0.4, 0.5) is 11.4 Å². The summed E-state index contributed by atoms with van der Waals surface area (Å²) in [7, 11) is 0. The van der Waals surface area contributed by atoms with Crippen LogP contribution in [-0.4, -0.2) is 27.7 Å². The average molecular weight is 415 g/mol. The van der Waals surface area contributed by atoms with E-state index in [-0.39, 0.29) is 18.2 Å². The first-order chi connectivity index (χ1) is 13.4. The molecule has 0 aromatic heterocycles. The molecule has 0 radical (unpaired) electrons. The molecule has 2 aromatic rings. The lowest BCUT2D eigenvalue weighted by Gasteiger charge is -2.14. The van der Waals surface area contributed by atoms with Crippen molar-refractivity contribution in [2.24, 2.45) is 5.73 Å². The molecular formula is C18H13N3O5S2. The SMILES string of the molecule is NC(=O)COc1ccccc1/C=C1\SC(=S)N(c2ccc([N+](=O)[O-])cc2)C1=O. The number of carbonyl (C=O) groups excluding carboxylic acids is 2. The average Bonchev–Trinajstić information content (AvgIpc) is 2.94. The van der Waals surface area contributed by atoms with Gasteiger partial charge in [-0.15, -0.1) is 0 Å². The van der Waals surface area contributed by atoms with Gasteiger partial charge in [0.1, 0.15) is 5.75 Å². The van der Waals surface area contributed by atoms with Crippen molar-refractivity contribution in [2.45, 2.75) is 0 Å². The molecule has 142 valence electrons. The number of nitrogens with two attached hydrogens (primary N) is 1. The number of carbonyl (C=O) groups is 2. The molecule has 0 unspecified atom stereocenters.